The summed E-state index contributed by atoms with van der Waals surface area (Å²) in [6, 6.07) is 5.04. The largest absolute Gasteiger partial charge is 0.362 e. The van der Waals surface area contributed by atoms with E-state index in [-0.39, 0.29) is 11.7 Å². The molecule has 1 aromatic heterocycles. The molecule has 0 atom stereocenters. The predicted octanol–water partition coefficient (Wildman–Crippen LogP) is 2.18. The first kappa shape index (κ1) is 11.5. The maximum Gasteiger partial charge on any atom is 0.152 e. The first-order valence-corrected chi connectivity index (χ1v) is 6.28. The fraction of sp³-hybridized carbons (Fsp3) is 0.333. The Balaban J connectivity index is 1.95. The fourth-order valence-electron chi connectivity index (χ4n) is 2.25. The van der Waals surface area contributed by atoms with Crippen molar-refractivity contribution in [2.45, 2.75) is 19.0 Å². The van der Waals surface area contributed by atoms with Gasteiger partial charge in [-0.1, -0.05) is 6.07 Å². The Hall–Kier alpha value is -1.62. The van der Waals surface area contributed by atoms with Crippen molar-refractivity contribution >= 4 is 17.3 Å². The normalized spacial score (nSPS) is 14.7. The quantitative estimate of drug-likeness (QED) is 0.782. The molecule has 2 heterocycles. The minimum atomic E-state index is -0.255. The molecule has 0 bridgehead atoms. The summed E-state index contributed by atoms with van der Waals surface area (Å²) in [6.45, 7) is 2.24. The minimum Gasteiger partial charge on any atom is -0.362 e. The molecule has 4 nitrogen and oxygen atoms in total. The van der Waals surface area contributed by atoms with Crippen molar-refractivity contribution in [2.24, 2.45) is 0 Å². The highest BCUT2D eigenvalue weighted by Gasteiger charge is 2.20. The molecule has 94 valence electrons. The Morgan fingerprint density at radius 3 is 3.06 bits per heavy atom. The molecule has 18 heavy (non-hydrogen) atoms. The van der Waals surface area contributed by atoms with E-state index < -0.39 is 0 Å². The molecule has 0 N–H and O–H groups in total. The van der Waals surface area contributed by atoms with Gasteiger partial charge in [-0.2, -0.15) is 0 Å². The summed E-state index contributed by atoms with van der Waals surface area (Å²) in [5.74, 6) is 0.811. The van der Waals surface area contributed by atoms with Crippen LogP contribution in [0.15, 0.2) is 24.5 Å². The summed E-state index contributed by atoms with van der Waals surface area (Å²) in [5, 5.41) is 7.93. The SMILES string of the molecule is Fc1cccc(N2CCn3cnnc3C2)c1CCl. The number of aromatic nitrogens is 3. The average molecular weight is 267 g/mol. The molecule has 0 unspecified atom stereocenters. The van der Waals surface area contributed by atoms with Gasteiger partial charge in [0.2, 0.25) is 0 Å². The van der Waals surface area contributed by atoms with E-state index >= 15 is 0 Å². The molecule has 1 aromatic carbocycles. The topological polar surface area (TPSA) is 34.0 Å². The third-order valence-corrected chi connectivity index (χ3v) is 3.47. The first-order valence-electron chi connectivity index (χ1n) is 5.74. The first-order chi connectivity index (χ1) is 8.79. The van der Waals surface area contributed by atoms with E-state index in [1.54, 1.807) is 12.4 Å². The Bertz CT molecular complexity index is 569. The monoisotopic (exact) mass is 266 g/mol. The lowest BCUT2D eigenvalue weighted by atomic mass is 10.1. The molecule has 1 aliphatic heterocycles. The molecule has 0 spiro atoms. The lowest BCUT2D eigenvalue weighted by Crippen LogP contribution is -2.34. The molecule has 0 radical (unpaired) electrons. The summed E-state index contributed by atoms with van der Waals surface area (Å²) in [6.07, 6.45) is 1.72. The van der Waals surface area contributed by atoms with Crippen molar-refractivity contribution in [1.82, 2.24) is 14.8 Å². The van der Waals surface area contributed by atoms with Crippen molar-refractivity contribution in [3.8, 4) is 0 Å². The summed E-state index contributed by atoms with van der Waals surface area (Å²) >= 11 is 5.84. The van der Waals surface area contributed by atoms with Gasteiger partial charge in [-0.3, -0.25) is 0 Å². The van der Waals surface area contributed by atoms with Crippen LogP contribution in [0, 0.1) is 5.82 Å². The summed E-state index contributed by atoms with van der Waals surface area (Å²) < 4.78 is 15.7. The van der Waals surface area contributed by atoms with E-state index in [0.29, 0.717) is 12.1 Å². The van der Waals surface area contributed by atoms with E-state index in [2.05, 4.69) is 15.1 Å². The van der Waals surface area contributed by atoms with Gasteiger partial charge in [-0.15, -0.1) is 21.8 Å². The maximum atomic E-state index is 13.7. The van der Waals surface area contributed by atoms with E-state index in [1.165, 1.54) is 6.07 Å². The fourth-order valence-corrected chi connectivity index (χ4v) is 2.51. The Morgan fingerprint density at radius 1 is 1.33 bits per heavy atom. The second kappa shape index (κ2) is 4.57. The molecule has 0 fully saturated rings. The molecule has 0 saturated heterocycles. The second-order valence-electron chi connectivity index (χ2n) is 4.23. The van der Waals surface area contributed by atoms with E-state index in [4.69, 9.17) is 11.6 Å². The number of fused-ring (bicyclic) bond motifs is 1. The van der Waals surface area contributed by atoms with Crippen LogP contribution in [-0.2, 0) is 19.0 Å². The lowest BCUT2D eigenvalue weighted by molar-refractivity contribution is 0.555. The number of hydrogen-bond acceptors (Lipinski definition) is 3. The zero-order chi connectivity index (χ0) is 12.5. The summed E-state index contributed by atoms with van der Waals surface area (Å²) in [7, 11) is 0. The van der Waals surface area contributed by atoms with Gasteiger partial charge < -0.3 is 9.47 Å². The lowest BCUT2D eigenvalue weighted by Gasteiger charge is -2.30. The van der Waals surface area contributed by atoms with Crippen molar-refractivity contribution in [3.63, 3.8) is 0 Å². The van der Waals surface area contributed by atoms with Crippen molar-refractivity contribution in [2.75, 3.05) is 11.4 Å². The van der Waals surface area contributed by atoms with E-state index in [1.807, 2.05) is 10.6 Å². The van der Waals surface area contributed by atoms with Crippen molar-refractivity contribution in [1.29, 1.82) is 0 Å². The van der Waals surface area contributed by atoms with Crippen molar-refractivity contribution in [3.05, 3.63) is 41.7 Å². The molecular weight excluding hydrogens is 255 g/mol. The summed E-state index contributed by atoms with van der Waals surface area (Å²) in [4.78, 5) is 2.09. The molecule has 0 saturated carbocycles. The highest BCUT2D eigenvalue weighted by molar-refractivity contribution is 6.17. The van der Waals surface area contributed by atoms with Crippen LogP contribution in [0.3, 0.4) is 0 Å². The zero-order valence-corrected chi connectivity index (χ0v) is 10.4. The molecular formula is C12H12ClFN4. The van der Waals surface area contributed by atoms with Crippen LogP contribution in [0.25, 0.3) is 0 Å². The van der Waals surface area contributed by atoms with Crippen LogP contribution in [-0.4, -0.2) is 21.3 Å². The number of halogens is 2. The van der Waals surface area contributed by atoms with Gasteiger partial charge in [0.05, 0.1) is 12.4 Å². The highest BCUT2D eigenvalue weighted by atomic mass is 35.5. The van der Waals surface area contributed by atoms with Gasteiger partial charge in [-0.25, -0.2) is 4.39 Å². The van der Waals surface area contributed by atoms with Gasteiger partial charge in [-0.05, 0) is 12.1 Å². The highest BCUT2D eigenvalue weighted by Crippen LogP contribution is 2.27. The molecule has 0 aliphatic carbocycles. The maximum absolute atomic E-state index is 13.7. The number of anilines is 1. The number of benzene rings is 1. The van der Waals surface area contributed by atoms with Crippen LogP contribution in [0.1, 0.15) is 11.4 Å². The van der Waals surface area contributed by atoms with Crippen LogP contribution in [0.5, 0.6) is 0 Å². The van der Waals surface area contributed by atoms with Crippen LogP contribution in [0.4, 0.5) is 10.1 Å². The molecule has 1 aliphatic rings. The number of rotatable bonds is 2. The van der Waals surface area contributed by atoms with Gasteiger partial charge in [0.1, 0.15) is 12.1 Å². The van der Waals surface area contributed by atoms with Gasteiger partial charge in [0, 0.05) is 24.3 Å². The third kappa shape index (κ3) is 1.84. The third-order valence-electron chi connectivity index (χ3n) is 3.21. The second-order valence-corrected chi connectivity index (χ2v) is 4.50. The standard InChI is InChI=1S/C12H12ClFN4/c13-6-9-10(14)2-1-3-11(9)17-4-5-18-8-15-16-12(18)7-17/h1-3,8H,4-7H2. The van der Waals surface area contributed by atoms with Crippen LogP contribution < -0.4 is 4.90 Å². The van der Waals surface area contributed by atoms with Gasteiger partial charge >= 0.3 is 0 Å². The molecule has 0 amide bonds. The van der Waals surface area contributed by atoms with Crippen LogP contribution in [0.2, 0.25) is 0 Å². The molecule has 3 rings (SSSR count). The average Bonchev–Trinajstić information content (AvgIpc) is 2.85. The number of hydrogen-bond donors (Lipinski definition) is 0. The Morgan fingerprint density at radius 2 is 2.22 bits per heavy atom. The van der Waals surface area contributed by atoms with E-state index in [0.717, 1.165) is 24.6 Å². The van der Waals surface area contributed by atoms with Gasteiger partial charge in [0.15, 0.2) is 5.82 Å². The smallest absolute Gasteiger partial charge is 0.152 e. The van der Waals surface area contributed by atoms with Crippen molar-refractivity contribution < 1.29 is 4.39 Å². The van der Waals surface area contributed by atoms with E-state index in [9.17, 15) is 4.39 Å². The summed E-state index contributed by atoms with van der Waals surface area (Å²) in [5.41, 5.74) is 1.39. The molecule has 2 aromatic rings. The van der Waals surface area contributed by atoms with Gasteiger partial charge in [0.25, 0.3) is 0 Å². The minimum absolute atomic E-state index is 0.172. The Labute approximate surface area is 109 Å². The predicted molar refractivity (Wildman–Crippen MR) is 67.0 cm³/mol. The number of nitrogens with zero attached hydrogens (tertiary/aromatic N) is 4. The zero-order valence-electron chi connectivity index (χ0n) is 9.68. The van der Waals surface area contributed by atoms with Crippen LogP contribution >= 0.6 is 11.6 Å². The molecule has 6 heteroatoms. The number of alkyl halides is 1. The Kier molecular flexibility index (Phi) is 2.91.